The number of hydrogen-bond acceptors (Lipinski definition) is 4. The van der Waals surface area contributed by atoms with Crippen LogP contribution < -0.4 is 14.8 Å². The highest BCUT2D eigenvalue weighted by Gasteiger charge is 2.14. The van der Waals surface area contributed by atoms with E-state index in [0.717, 1.165) is 5.75 Å². The molecule has 3 rings (SSSR count). The molecule has 0 bridgehead atoms. The van der Waals surface area contributed by atoms with Crippen molar-refractivity contribution >= 4 is 46.4 Å². The molecule has 1 aromatic heterocycles. The topological polar surface area (TPSA) is 60.7 Å². The maximum atomic E-state index is 12.3. The molecule has 0 atom stereocenters. The maximum absolute atomic E-state index is 12.3. The van der Waals surface area contributed by atoms with Crippen molar-refractivity contribution in [1.29, 1.82) is 0 Å². The van der Waals surface area contributed by atoms with Gasteiger partial charge in [-0.3, -0.25) is 4.79 Å². The Morgan fingerprint density at radius 1 is 1.00 bits per heavy atom. The lowest BCUT2D eigenvalue weighted by molar-refractivity contribution is 0.0992. The minimum atomic E-state index is -0.377. The molecule has 8 heteroatoms. The summed E-state index contributed by atoms with van der Waals surface area (Å²) in [6.07, 6.45) is 0. The normalized spacial score (nSPS) is 10.6. The van der Waals surface area contributed by atoms with Crippen LogP contribution in [0.5, 0.6) is 11.5 Å². The second kappa shape index (κ2) is 9.24. The molecular formula is C20H16Cl3NO4. The van der Waals surface area contributed by atoms with E-state index in [4.69, 9.17) is 48.7 Å². The van der Waals surface area contributed by atoms with Crippen LogP contribution in [-0.4, -0.2) is 12.5 Å². The lowest BCUT2D eigenvalue weighted by atomic mass is 10.3. The van der Waals surface area contributed by atoms with Gasteiger partial charge in [0.05, 0.1) is 16.7 Å². The van der Waals surface area contributed by atoms with Gasteiger partial charge in [-0.2, -0.15) is 0 Å². The molecule has 0 aliphatic heterocycles. The Bertz CT molecular complexity index is 947. The van der Waals surface area contributed by atoms with Crippen molar-refractivity contribution in [3.8, 4) is 11.5 Å². The number of hydrogen-bond donors (Lipinski definition) is 1. The highest BCUT2D eigenvalue weighted by molar-refractivity contribution is 6.40. The molecule has 0 unspecified atom stereocenters. The first-order valence-corrected chi connectivity index (χ1v) is 9.50. The number of ether oxygens (including phenoxy) is 2. The predicted octanol–water partition coefficient (Wildman–Crippen LogP) is 6.47. The Balaban J connectivity index is 1.61. The second-order valence-corrected chi connectivity index (χ2v) is 6.92. The van der Waals surface area contributed by atoms with Crippen LogP contribution >= 0.6 is 34.8 Å². The van der Waals surface area contributed by atoms with Gasteiger partial charge in [0.25, 0.3) is 5.91 Å². The van der Waals surface area contributed by atoms with Gasteiger partial charge in [0, 0.05) is 10.7 Å². The molecule has 0 radical (unpaired) electrons. The smallest absolute Gasteiger partial charge is 0.291 e. The summed E-state index contributed by atoms with van der Waals surface area (Å²) in [6, 6.07) is 13.3. The molecule has 3 aromatic rings. The van der Waals surface area contributed by atoms with Crippen LogP contribution in [0.2, 0.25) is 15.1 Å². The van der Waals surface area contributed by atoms with Gasteiger partial charge < -0.3 is 19.2 Å². The van der Waals surface area contributed by atoms with Crippen LogP contribution in [0.25, 0.3) is 0 Å². The molecule has 0 fully saturated rings. The molecule has 0 aliphatic carbocycles. The first-order chi connectivity index (χ1) is 13.5. The van der Waals surface area contributed by atoms with E-state index in [-0.39, 0.29) is 28.3 Å². The number of amides is 1. The van der Waals surface area contributed by atoms with Gasteiger partial charge >= 0.3 is 0 Å². The third-order valence-corrected chi connectivity index (χ3v) is 4.41. The maximum Gasteiger partial charge on any atom is 0.291 e. The number of carbonyl (C=O) groups is 1. The minimum absolute atomic E-state index is 0.0530. The van der Waals surface area contributed by atoms with Gasteiger partial charge in [0.1, 0.15) is 18.1 Å². The number of carbonyl (C=O) groups excluding carboxylic acids is 1. The van der Waals surface area contributed by atoms with Crippen LogP contribution in [0.15, 0.2) is 52.9 Å². The summed E-state index contributed by atoms with van der Waals surface area (Å²) in [5.74, 6) is 1.25. The number of nitrogens with one attached hydrogen (secondary N) is 1. The van der Waals surface area contributed by atoms with Gasteiger partial charge in [-0.05, 0) is 55.5 Å². The van der Waals surface area contributed by atoms with Gasteiger partial charge in [-0.1, -0.05) is 34.8 Å². The van der Waals surface area contributed by atoms with E-state index in [2.05, 4.69) is 5.32 Å². The summed E-state index contributed by atoms with van der Waals surface area (Å²) >= 11 is 18.0. The highest BCUT2D eigenvalue weighted by Crippen LogP contribution is 2.36. The first kappa shape index (κ1) is 20.4. The summed E-state index contributed by atoms with van der Waals surface area (Å²) in [6.45, 7) is 2.54. The lowest BCUT2D eigenvalue weighted by Crippen LogP contribution is -2.10. The molecule has 0 saturated carbocycles. The number of anilines is 1. The first-order valence-electron chi connectivity index (χ1n) is 8.36. The zero-order valence-corrected chi connectivity index (χ0v) is 17.1. The van der Waals surface area contributed by atoms with Crippen molar-refractivity contribution in [2.24, 2.45) is 0 Å². The number of halogens is 3. The summed E-state index contributed by atoms with van der Waals surface area (Å²) in [7, 11) is 0. The standard InChI is InChI=1S/C20H16Cl3NO4/c1-2-26-14-5-3-13(4-6-14)24-20(25)18-8-7-15(28-18)11-27-19-16(22)9-12(21)10-17(19)23/h3-10H,2,11H2,1H3,(H,24,25). The summed E-state index contributed by atoms with van der Waals surface area (Å²) in [4.78, 5) is 12.3. The van der Waals surface area contributed by atoms with Gasteiger partial charge in [0.15, 0.2) is 11.5 Å². The Morgan fingerprint density at radius 2 is 1.68 bits per heavy atom. The van der Waals surface area contributed by atoms with Gasteiger partial charge in [-0.15, -0.1) is 0 Å². The molecule has 0 spiro atoms. The minimum Gasteiger partial charge on any atom is -0.494 e. The van der Waals surface area contributed by atoms with Crippen LogP contribution in [0, 0.1) is 0 Å². The fourth-order valence-electron chi connectivity index (χ4n) is 2.38. The Kier molecular flexibility index (Phi) is 6.73. The largest absolute Gasteiger partial charge is 0.494 e. The molecule has 0 saturated heterocycles. The van der Waals surface area contributed by atoms with E-state index in [0.29, 0.717) is 28.8 Å². The van der Waals surface area contributed by atoms with E-state index in [9.17, 15) is 4.79 Å². The van der Waals surface area contributed by atoms with E-state index < -0.39 is 0 Å². The van der Waals surface area contributed by atoms with Crippen molar-refractivity contribution in [3.63, 3.8) is 0 Å². The molecular weight excluding hydrogens is 425 g/mol. The summed E-state index contributed by atoms with van der Waals surface area (Å²) in [5.41, 5.74) is 0.627. The van der Waals surface area contributed by atoms with Crippen molar-refractivity contribution in [1.82, 2.24) is 0 Å². The second-order valence-electron chi connectivity index (χ2n) is 5.66. The van der Waals surface area contributed by atoms with E-state index in [1.807, 2.05) is 6.92 Å². The highest BCUT2D eigenvalue weighted by atomic mass is 35.5. The third-order valence-electron chi connectivity index (χ3n) is 3.63. The Labute approximate surface area is 177 Å². The molecule has 5 nitrogen and oxygen atoms in total. The fraction of sp³-hybridized carbons (Fsp3) is 0.150. The molecule has 1 heterocycles. The lowest BCUT2D eigenvalue weighted by Gasteiger charge is -2.09. The molecule has 1 amide bonds. The van der Waals surface area contributed by atoms with Crippen LogP contribution in [0.1, 0.15) is 23.2 Å². The number of furan rings is 1. The Hall–Kier alpha value is -2.34. The van der Waals surface area contributed by atoms with Crippen molar-refractivity contribution in [3.05, 3.63) is 75.1 Å². The monoisotopic (exact) mass is 439 g/mol. The quantitative estimate of drug-likeness (QED) is 0.457. The van der Waals surface area contributed by atoms with E-state index in [1.54, 1.807) is 36.4 Å². The van der Waals surface area contributed by atoms with Crippen molar-refractivity contribution in [2.75, 3.05) is 11.9 Å². The van der Waals surface area contributed by atoms with Crippen LogP contribution in [-0.2, 0) is 6.61 Å². The van der Waals surface area contributed by atoms with Crippen molar-refractivity contribution < 1.29 is 18.7 Å². The van der Waals surface area contributed by atoms with Gasteiger partial charge in [0.2, 0.25) is 0 Å². The fourth-order valence-corrected chi connectivity index (χ4v) is 3.31. The molecule has 28 heavy (non-hydrogen) atoms. The summed E-state index contributed by atoms with van der Waals surface area (Å²) in [5, 5.41) is 3.74. The average Bonchev–Trinajstić information content (AvgIpc) is 3.12. The van der Waals surface area contributed by atoms with E-state index >= 15 is 0 Å². The van der Waals surface area contributed by atoms with Crippen LogP contribution in [0.3, 0.4) is 0 Å². The van der Waals surface area contributed by atoms with Gasteiger partial charge in [-0.25, -0.2) is 0 Å². The predicted molar refractivity (Wildman–Crippen MR) is 110 cm³/mol. The molecule has 1 N–H and O–H groups in total. The number of rotatable bonds is 7. The summed E-state index contributed by atoms with van der Waals surface area (Å²) < 4.78 is 16.5. The SMILES string of the molecule is CCOc1ccc(NC(=O)c2ccc(COc3c(Cl)cc(Cl)cc3Cl)o2)cc1. The molecule has 2 aromatic carbocycles. The van der Waals surface area contributed by atoms with E-state index in [1.165, 1.54) is 12.1 Å². The number of benzene rings is 2. The average molecular weight is 441 g/mol. The Morgan fingerprint density at radius 3 is 2.32 bits per heavy atom. The molecule has 146 valence electrons. The van der Waals surface area contributed by atoms with Crippen LogP contribution in [0.4, 0.5) is 5.69 Å². The zero-order valence-electron chi connectivity index (χ0n) is 14.8. The molecule has 0 aliphatic rings. The van der Waals surface area contributed by atoms with Crippen molar-refractivity contribution in [2.45, 2.75) is 13.5 Å². The third kappa shape index (κ3) is 5.13. The zero-order chi connectivity index (χ0) is 20.1.